The fraction of sp³-hybridized carbons (Fsp3) is 0.0667. The van der Waals surface area contributed by atoms with E-state index < -0.39 is 0 Å². The summed E-state index contributed by atoms with van der Waals surface area (Å²) in [7, 11) is 0. The number of benzene rings is 7. The number of fused-ring (bicyclic) bond motifs is 12. The average molecular weight is 625 g/mol. The monoisotopic (exact) mass is 624 g/mol. The van der Waals surface area contributed by atoms with Gasteiger partial charge in [0.15, 0.2) is 0 Å². The first-order valence-corrected chi connectivity index (χ1v) is 16.5. The largest absolute Gasteiger partial charge is 0.319 e. The van der Waals surface area contributed by atoms with E-state index in [-0.39, 0.29) is 5.41 Å². The highest BCUT2D eigenvalue weighted by Crippen LogP contribution is 2.53. The van der Waals surface area contributed by atoms with E-state index >= 15 is 0 Å². The summed E-state index contributed by atoms with van der Waals surface area (Å²) in [6, 6.07) is 49.0. The van der Waals surface area contributed by atoms with Crippen molar-refractivity contribution >= 4 is 60.1 Å². The zero-order valence-corrected chi connectivity index (χ0v) is 27.0. The van der Waals surface area contributed by atoms with E-state index in [1.165, 1.54) is 38.4 Å². The molecule has 1 aliphatic rings. The summed E-state index contributed by atoms with van der Waals surface area (Å²) in [6.07, 6.45) is 0. The van der Waals surface area contributed by atoms with Gasteiger partial charge in [0, 0.05) is 27.0 Å². The lowest BCUT2D eigenvalue weighted by atomic mass is 9.82. The number of aromatic nitrogens is 2. The minimum Gasteiger partial charge on any atom is -0.319 e. The van der Waals surface area contributed by atoms with Crippen LogP contribution < -0.4 is 0 Å². The summed E-state index contributed by atoms with van der Waals surface area (Å²) in [4.78, 5) is 4.12. The predicted molar refractivity (Wildman–Crippen MR) is 201 cm³/mol. The van der Waals surface area contributed by atoms with Gasteiger partial charge in [0.1, 0.15) is 6.07 Å². The summed E-state index contributed by atoms with van der Waals surface area (Å²) in [6.45, 7) is 13.1. The van der Waals surface area contributed by atoms with Crippen LogP contribution in [0.2, 0.25) is 0 Å². The van der Waals surface area contributed by atoms with Crippen molar-refractivity contribution < 1.29 is 0 Å². The molecule has 0 amide bonds. The van der Waals surface area contributed by atoms with Gasteiger partial charge >= 0.3 is 0 Å². The SMILES string of the molecule is [C-]#[N+]c1cc(-n2c3ccccc3c3c4c(ccc32)C(C)(C)c2ccccc2-4)c(C#N)cc1-n1c2ccccc2c2c3ccccc3ccc21. The van der Waals surface area contributed by atoms with Gasteiger partial charge in [-0.1, -0.05) is 111 Å². The second-order valence-corrected chi connectivity index (χ2v) is 13.5. The Bertz CT molecular complexity index is 2990. The first-order valence-electron chi connectivity index (χ1n) is 16.5. The lowest BCUT2D eigenvalue weighted by Gasteiger charge is -2.21. The molecule has 0 bridgehead atoms. The van der Waals surface area contributed by atoms with Crippen molar-refractivity contribution in [2.24, 2.45) is 0 Å². The highest BCUT2D eigenvalue weighted by atomic mass is 15.0. The van der Waals surface area contributed by atoms with Crippen LogP contribution in [0.25, 0.3) is 81.7 Å². The van der Waals surface area contributed by atoms with Gasteiger partial charge in [-0.05, 0) is 69.4 Å². The zero-order chi connectivity index (χ0) is 33.0. The number of hydrogen-bond acceptors (Lipinski definition) is 1. The Hall–Kier alpha value is -6.62. The summed E-state index contributed by atoms with van der Waals surface area (Å²) >= 11 is 0. The third-order valence-corrected chi connectivity index (χ3v) is 10.8. The fourth-order valence-corrected chi connectivity index (χ4v) is 8.62. The van der Waals surface area contributed by atoms with Crippen LogP contribution in [0.4, 0.5) is 5.69 Å². The van der Waals surface area contributed by atoms with Gasteiger partial charge in [-0.25, -0.2) is 4.85 Å². The van der Waals surface area contributed by atoms with Crippen LogP contribution in [0, 0.1) is 17.9 Å². The van der Waals surface area contributed by atoms with Gasteiger partial charge in [0.25, 0.3) is 0 Å². The summed E-state index contributed by atoms with van der Waals surface area (Å²) in [5, 5.41) is 17.7. The van der Waals surface area contributed by atoms with Gasteiger partial charge in [0.05, 0.1) is 45.6 Å². The van der Waals surface area contributed by atoms with E-state index in [9.17, 15) is 5.26 Å². The molecular formula is C45H28N4. The molecule has 2 heterocycles. The topological polar surface area (TPSA) is 38.0 Å². The Morgan fingerprint density at radius 3 is 1.96 bits per heavy atom. The molecule has 4 nitrogen and oxygen atoms in total. The number of rotatable bonds is 2. The van der Waals surface area contributed by atoms with Gasteiger partial charge in [-0.2, -0.15) is 5.26 Å². The Balaban J connectivity index is 1.30. The number of hydrogen-bond donors (Lipinski definition) is 0. The molecule has 0 saturated heterocycles. The first kappa shape index (κ1) is 27.5. The van der Waals surface area contributed by atoms with E-state index in [0.29, 0.717) is 22.6 Å². The van der Waals surface area contributed by atoms with Crippen LogP contribution in [0.5, 0.6) is 0 Å². The van der Waals surface area contributed by atoms with Crippen LogP contribution in [0.3, 0.4) is 0 Å². The highest BCUT2D eigenvalue weighted by Gasteiger charge is 2.37. The van der Waals surface area contributed by atoms with Crippen molar-refractivity contribution in [2.45, 2.75) is 19.3 Å². The Labute approximate surface area is 283 Å². The lowest BCUT2D eigenvalue weighted by Crippen LogP contribution is -2.14. The van der Waals surface area contributed by atoms with Gasteiger partial charge in [0.2, 0.25) is 5.69 Å². The Morgan fingerprint density at radius 1 is 0.592 bits per heavy atom. The Morgan fingerprint density at radius 2 is 1.20 bits per heavy atom. The third-order valence-electron chi connectivity index (χ3n) is 10.8. The zero-order valence-electron chi connectivity index (χ0n) is 27.0. The summed E-state index contributed by atoms with van der Waals surface area (Å²) in [5.41, 5.74) is 11.5. The van der Waals surface area contributed by atoms with Crippen LogP contribution in [0.1, 0.15) is 30.5 Å². The molecule has 0 spiro atoms. The van der Waals surface area contributed by atoms with Crippen molar-refractivity contribution in [3.05, 3.63) is 162 Å². The molecule has 49 heavy (non-hydrogen) atoms. The highest BCUT2D eigenvalue weighted by molar-refractivity contribution is 6.22. The summed E-state index contributed by atoms with van der Waals surface area (Å²) in [5.74, 6) is 0. The summed E-state index contributed by atoms with van der Waals surface area (Å²) < 4.78 is 4.35. The molecule has 0 N–H and O–H groups in total. The van der Waals surface area contributed by atoms with E-state index in [4.69, 9.17) is 6.57 Å². The van der Waals surface area contributed by atoms with Gasteiger partial charge in [-0.3, -0.25) is 0 Å². The molecule has 7 aromatic carbocycles. The van der Waals surface area contributed by atoms with E-state index in [2.05, 4.69) is 149 Å². The maximum Gasteiger partial charge on any atom is 0.212 e. The lowest BCUT2D eigenvalue weighted by molar-refractivity contribution is 0.661. The van der Waals surface area contributed by atoms with Crippen molar-refractivity contribution in [3.63, 3.8) is 0 Å². The fourth-order valence-electron chi connectivity index (χ4n) is 8.62. The van der Waals surface area contributed by atoms with Crippen molar-refractivity contribution in [1.82, 2.24) is 9.13 Å². The van der Waals surface area contributed by atoms with E-state index in [0.717, 1.165) is 38.2 Å². The molecule has 4 heteroatoms. The number of nitrogens with zero attached hydrogens (tertiary/aromatic N) is 4. The second-order valence-electron chi connectivity index (χ2n) is 13.5. The van der Waals surface area contributed by atoms with Crippen LogP contribution in [-0.4, -0.2) is 9.13 Å². The van der Waals surface area contributed by atoms with E-state index in [1.54, 1.807) is 0 Å². The molecule has 9 aromatic rings. The minimum absolute atomic E-state index is 0.131. The van der Waals surface area contributed by atoms with Gasteiger partial charge < -0.3 is 9.13 Å². The van der Waals surface area contributed by atoms with Crippen LogP contribution in [-0.2, 0) is 5.41 Å². The smallest absolute Gasteiger partial charge is 0.212 e. The maximum absolute atomic E-state index is 10.8. The second kappa shape index (κ2) is 9.71. The molecule has 0 fully saturated rings. The predicted octanol–water partition coefficient (Wildman–Crippen LogP) is 11.8. The van der Waals surface area contributed by atoms with Crippen molar-refractivity contribution in [2.75, 3.05) is 0 Å². The molecule has 0 unspecified atom stereocenters. The van der Waals surface area contributed by atoms with Crippen LogP contribution >= 0.6 is 0 Å². The third kappa shape index (κ3) is 3.50. The molecule has 0 saturated carbocycles. The maximum atomic E-state index is 10.8. The molecule has 228 valence electrons. The van der Waals surface area contributed by atoms with Crippen molar-refractivity contribution in [1.29, 1.82) is 5.26 Å². The first-order chi connectivity index (χ1) is 24.0. The molecule has 0 aliphatic heterocycles. The molecule has 1 aliphatic carbocycles. The van der Waals surface area contributed by atoms with Crippen molar-refractivity contribution in [3.8, 4) is 28.6 Å². The molecular weight excluding hydrogens is 597 g/mol. The molecule has 2 aromatic heterocycles. The Kier molecular flexibility index (Phi) is 5.44. The van der Waals surface area contributed by atoms with Crippen LogP contribution in [0.15, 0.2) is 133 Å². The number of nitriles is 1. The standard InChI is InChI=1S/C45H28N4/c1-45(2)33-17-9-6-14-30(33)43-34(45)21-23-39-44(43)32-16-8-11-19-37(32)48(39)40-25-35(47-3)41(24-28(40)26-46)49-36-18-10-7-15-31(36)42-29-13-5-4-12-27(29)20-22-38(42)49/h4-25H,1-2H3. The van der Waals surface area contributed by atoms with Gasteiger partial charge in [-0.15, -0.1) is 0 Å². The quantitative estimate of drug-likeness (QED) is 0.176. The minimum atomic E-state index is -0.131. The molecule has 0 radical (unpaired) electrons. The average Bonchev–Trinajstić information content (AvgIpc) is 3.74. The normalized spacial score (nSPS) is 13.2. The van der Waals surface area contributed by atoms with E-state index in [1.807, 2.05) is 18.2 Å². The molecule has 10 rings (SSSR count). The number of para-hydroxylation sites is 2. The molecule has 0 atom stereocenters.